The van der Waals surface area contributed by atoms with Gasteiger partial charge in [-0.15, -0.1) is 0 Å². The molecule has 0 N–H and O–H groups in total. The Bertz CT molecular complexity index is 1350. The molecule has 5 rings (SSSR count). The predicted molar refractivity (Wildman–Crippen MR) is 116 cm³/mol. The van der Waals surface area contributed by atoms with Gasteiger partial charge in [0, 0.05) is 13.6 Å². The smallest absolute Gasteiger partial charge is 0.410 e. The number of amides is 1. The number of carbonyl (C=O) groups excluding carboxylic acids is 1. The predicted octanol–water partition coefficient (Wildman–Crippen LogP) is 3.22. The Morgan fingerprint density at radius 1 is 1.25 bits per heavy atom. The average molecular weight is 452 g/mol. The van der Waals surface area contributed by atoms with Gasteiger partial charge in [0.25, 0.3) is 11.4 Å². The first kappa shape index (κ1) is 20.3. The van der Waals surface area contributed by atoms with Gasteiger partial charge >= 0.3 is 6.09 Å². The molecular weight excluding hydrogens is 432 g/mol. The van der Waals surface area contributed by atoms with Crippen molar-refractivity contribution in [2.24, 2.45) is 7.05 Å². The molecule has 0 aliphatic carbocycles. The third-order valence-corrected chi connectivity index (χ3v) is 6.41. The van der Waals surface area contributed by atoms with Crippen LogP contribution in [0.2, 0.25) is 0 Å². The molecule has 1 amide bonds. The second kappa shape index (κ2) is 8.15. The van der Waals surface area contributed by atoms with Crippen LogP contribution < -0.4 is 5.56 Å². The van der Waals surface area contributed by atoms with Crippen molar-refractivity contribution in [2.75, 3.05) is 6.54 Å². The van der Waals surface area contributed by atoms with Crippen LogP contribution >= 0.6 is 11.3 Å². The molecule has 164 valence electrons. The molecule has 4 heterocycles. The van der Waals surface area contributed by atoms with Gasteiger partial charge in [-0.3, -0.25) is 14.3 Å². The van der Waals surface area contributed by atoms with Crippen molar-refractivity contribution in [3.63, 3.8) is 0 Å². The molecule has 32 heavy (non-hydrogen) atoms. The van der Waals surface area contributed by atoms with Gasteiger partial charge in [0.05, 0.1) is 6.04 Å². The summed E-state index contributed by atoms with van der Waals surface area (Å²) in [5, 5.41) is 4.43. The Hall–Kier alpha value is -3.60. The second-order valence-electron chi connectivity index (χ2n) is 7.54. The van der Waals surface area contributed by atoms with Crippen molar-refractivity contribution in [3.05, 3.63) is 57.1 Å². The van der Waals surface area contributed by atoms with E-state index in [-0.39, 0.29) is 35.4 Å². The molecule has 1 unspecified atom stereocenters. The molecule has 0 saturated carbocycles. The van der Waals surface area contributed by atoms with Crippen LogP contribution in [-0.2, 0) is 18.4 Å². The third kappa shape index (κ3) is 3.64. The van der Waals surface area contributed by atoms with Crippen LogP contribution in [0.25, 0.3) is 22.1 Å². The highest BCUT2D eigenvalue weighted by Gasteiger charge is 2.34. The zero-order valence-corrected chi connectivity index (χ0v) is 18.3. The van der Waals surface area contributed by atoms with E-state index in [1.165, 1.54) is 15.9 Å². The standard InChI is InChI=1S/C21H20N6O4S/c1-12-22-17(31-25-12)16-24-19-15(20(28)26(16)2)23-18(32-19)14-9-6-10-27(14)21(29)30-11-13-7-4-3-5-8-13/h3-5,7-8,14H,6,9-11H2,1-2H3. The largest absolute Gasteiger partial charge is 0.445 e. The van der Waals surface area contributed by atoms with Crippen molar-refractivity contribution in [1.82, 2.24) is 29.6 Å². The number of aromatic nitrogens is 5. The molecule has 11 heteroatoms. The Balaban J connectivity index is 1.42. The lowest BCUT2D eigenvalue weighted by atomic mass is 10.2. The summed E-state index contributed by atoms with van der Waals surface area (Å²) in [6.07, 6.45) is 1.19. The van der Waals surface area contributed by atoms with E-state index in [4.69, 9.17) is 9.26 Å². The monoisotopic (exact) mass is 452 g/mol. The van der Waals surface area contributed by atoms with Crippen molar-refractivity contribution >= 4 is 27.8 Å². The summed E-state index contributed by atoms with van der Waals surface area (Å²) in [6.45, 7) is 2.48. The Kier molecular flexibility index (Phi) is 5.17. The van der Waals surface area contributed by atoms with E-state index in [1.54, 1.807) is 18.9 Å². The molecule has 10 nitrogen and oxygen atoms in total. The average Bonchev–Trinajstić information content (AvgIpc) is 3.54. The molecule has 1 fully saturated rings. The van der Waals surface area contributed by atoms with Gasteiger partial charge in [-0.05, 0) is 25.3 Å². The molecule has 0 bridgehead atoms. The van der Waals surface area contributed by atoms with Gasteiger partial charge in [0.15, 0.2) is 16.2 Å². The number of likely N-dealkylation sites (tertiary alicyclic amines) is 1. The molecule has 4 aromatic rings. The van der Waals surface area contributed by atoms with Gasteiger partial charge < -0.3 is 9.26 Å². The van der Waals surface area contributed by atoms with Gasteiger partial charge in [0.2, 0.25) is 5.82 Å². The number of ether oxygens (including phenoxy) is 1. The van der Waals surface area contributed by atoms with Crippen LogP contribution in [0.1, 0.15) is 35.3 Å². The molecular formula is C21H20N6O4S. The van der Waals surface area contributed by atoms with Gasteiger partial charge in [-0.1, -0.05) is 46.8 Å². The Morgan fingerprint density at radius 2 is 2.06 bits per heavy atom. The maximum atomic E-state index is 12.9. The van der Waals surface area contributed by atoms with Crippen LogP contribution in [0.5, 0.6) is 0 Å². The minimum Gasteiger partial charge on any atom is -0.445 e. The first-order valence-electron chi connectivity index (χ1n) is 10.2. The zero-order chi connectivity index (χ0) is 22.2. The van der Waals surface area contributed by atoms with E-state index in [2.05, 4.69) is 20.1 Å². The lowest BCUT2D eigenvalue weighted by Gasteiger charge is -2.22. The number of hydrogen-bond acceptors (Lipinski definition) is 9. The first-order chi connectivity index (χ1) is 15.5. The fourth-order valence-electron chi connectivity index (χ4n) is 3.74. The van der Waals surface area contributed by atoms with E-state index in [0.29, 0.717) is 22.2 Å². The van der Waals surface area contributed by atoms with Crippen LogP contribution in [0, 0.1) is 6.92 Å². The number of nitrogens with zero attached hydrogens (tertiary/aromatic N) is 6. The number of thiazole rings is 1. The molecule has 1 saturated heterocycles. The molecule has 1 aliphatic heterocycles. The van der Waals surface area contributed by atoms with Gasteiger partial charge in [-0.2, -0.15) is 4.98 Å². The Morgan fingerprint density at radius 3 is 2.81 bits per heavy atom. The summed E-state index contributed by atoms with van der Waals surface area (Å²) in [5.74, 6) is 0.907. The lowest BCUT2D eigenvalue weighted by Crippen LogP contribution is -2.31. The quantitative estimate of drug-likeness (QED) is 0.463. The molecule has 3 aromatic heterocycles. The number of carbonyl (C=O) groups is 1. The summed E-state index contributed by atoms with van der Waals surface area (Å²) in [6, 6.07) is 9.29. The zero-order valence-electron chi connectivity index (χ0n) is 17.5. The molecule has 1 aliphatic rings. The highest BCUT2D eigenvalue weighted by atomic mass is 32.1. The lowest BCUT2D eigenvalue weighted by molar-refractivity contribution is 0.0920. The van der Waals surface area contributed by atoms with Crippen LogP contribution in [0.3, 0.4) is 0 Å². The van der Waals surface area contributed by atoms with Crippen molar-refractivity contribution in [1.29, 1.82) is 0 Å². The SMILES string of the molecule is Cc1noc(-c2nc3sc(C4CCCN4C(=O)OCc4ccccc4)nc3c(=O)n2C)n1. The third-order valence-electron chi connectivity index (χ3n) is 5.35. The van der Waals surface area contributed by atoms with E-state index < -0.39 is 6.09 Å². The molecule has 1 aromatic carbocycles. The number of benzene rings is 1. The minimum absolute atomic E-state index is 0.172. The maximum Gasteiger partial charge on any atom is 0.410 e. The van der Waals surface area contributed by atoms with E-state index >= 15 is 0 Å². The molecule has 1 atom stereocenters. The van der Waals surface area contributed by atoms with Crippen molar-refractivity contribution in [2.45, 2.75) is 32.4 Å². The van der Waals surface area contributed by atoms with Crippen LogP contribution in [-0.4, -0.2) is 42.2 Å². The summed E-state index contributed by atoms with van der Waals surface area (Å²) >= 11 is 1.29. The van der Waals surface area contributed by atoms with Gasteiger partial charge in [0.1, 0.15) is 11.6 Å². The fraction of sp³-hybridized carbons (Fsp3) is 0.333. The van der Waals surface area contributed by atoms with E-state index in [1.807, 2.05) is 30.3 Å². The summed E-state index contributed by atoms with van der Waals surface area (Å²) < 4.78 is 12.0. The minimum atomic E-state index is -0.390. The van der Waals surface area contributed by atoms with Crippen LogP contribution in [0.4, 0.5) is 4.79 Å². The first-order valence-corrected chi connectivity index (χ1v) is 11.0. The maximum absolute atomic E-state index is 12.9. The normalized spacial score (nSPS) is 16.1. The Labute approximate surface area is 186 Å². The van der Waals surface area contributed by atoms with E-state index in [9.17, 15) is 9.59 Å². The summed E-state index contributed by atoms with van der Waals surface area (Å²) in [7, 11) is 1.59. The number of fused-ring (bicyclic) bond motifs is 1. The fourth-order valence-corrected chi connectivity index (χ4v) is 4.81. The summed E-state index contributed by atoms with van der Waals surface area (Å²) in [5.41, 5.74) is 0.879. The summed E-state index contributed by atoms with van der Waals surface area (Å²) in [4.78, 5) is 41.1. The number of aryl methyl sites for hydroxylation is 1. The number of rotatable bonds is 4. The van der Waals surface area contributed by atoms with Crippen molar-refractivity contribution in [3.8, 4) is 11.7 Å². The number of hydrogen-bond donors (Lipinski definition) is 0. The van der Waals surface area contributed by atoms with Gasteiger partial charge in [-0.25, -0.2) is 14.8 Å². The van der Waals surface area contributed by atoms with Crippen molar-refractivity contribution < 1.29 is 14.1 Å². The highest BCUT2D eigenvalue weighted by Crippen LogP contribution is 2.36. The van der Waals surface area contributed by atoms with Crippen LogP contribution in [0.15, 0.2) is 39.6 Å². The second-order valence-corrected chi connectivity index (χ2v) is 8.55. The topological polar surface area (TPSA) is 116 Å². The molecule has 0 spiro atoms. The molecule has 0 radical (unpaired) electrons. The van der Waals surface area contributed by atoms with E-state index in [0.717, 1.165) is 18.4 Å². The highest BCUT2D eigenvalue weighted by molar-refractivity contribution is 7.18.